The van der Waals surface area contributed by atoms with Crippen LogP contribution in [0.15, 0.2) is 188 Å². The Morgan fingerprint density at radius 1 is 0.333 bits per heavy atom. The molecule has 1 spiro atoms. The molecule has 0 atom stereocenters. The molecule has 250 valence electrons. The molecule has 0 unspecified atom stereocenters. The van der Waals surface area contributed by atoms with Crippen molar-refractivity contribution in [3.05, 3.63) is 210 Å². The van der Waals surface area contributed by atoms with E-state index in [1.807, 2.05) is 12.1 Å². The lowest BCUT2D eigenvalue weighted by molar-refractivity contribution is 0.773. The number of hydrogen-bond donors (Lipinski definition) is 0. The Bertz CT molecular complexity index is 2900. The maximum atomic E-state index is 5.37. The first-order valence-corrected chi connectivity index (χ1v) is 18.6. The highest BCUT2D eigenvalue weighted by Gasteiger charge is 2.50. The van der Waals surface area contributed by atoms with Gasteiger partial charge in [0, 0.05) is 22.1 Å². The molecule has 1 aliphatic heterocycles. The topological polar surface area (TPSA) is 29.0 Å². The molecule has 12 rings (SSSR count). The van der Waals surface area contributed by atoms with E-state index in [1.54, 1.807) is 0 Å². The summed E-state index contributed by atoms with van der Waals surface area (Å²) in [6.45, 7) is 0. The molecule has 8 aromatic carbocycles. The van der Waals surface area contributed by atoms with Crippen LogP contribution in [0.5, 0.6) is 0 Å². The minimum absolute atomic E-state index is 0.472. The number of anilines is 3. The van der Waals surface area contributed by atoms with Crippen molar-refractivity contribution in [1.82, 2.24) is 9.97 Å². The van der Waals surface area contributed by atoms with Crippen LogP contribution in [0.2, 0.25) is 0 Å². The zero-order valence-corrected chi connectivity index (χ0v) is 29.2. The molecule has 1 aromatic heterocycles. The molecular weight excluding hydrogens is 655 g/mol. The van der Waals surface area contributed by atoms with Gasteiger partial charge in [-0.1, -0.05) is 170 Å². The quantitative estimate of drug-likeness (QED) is 0.185. The van der Waals surface area contributed by atoms with Gasteiger partial charge in [-0.05, 0) is 73.7 Å². The molecule has 0 saturated carbocycles. The average molecular weight is 686 g/mol. The first kappa shape index (κ1) is 29.5. The van der Waals surface area contributed by atoms with Crippen LogP contribution in [0.1, 0.15) is 22.3 Å². The van der Waals surface area contributed by atoms with Gasteiger partial charge in [-0.3, -0.25) is 4.90 Å². The molecule has 54 heavy (non-hydrogen) atoms. The van der Waals surface area contributed by atoms with E-state index in [4.69, 9.17) is 9.97 Å². The fourth-order valence-electron chi connectivity index (χ4n) is 9.72. The fourth-order valence-corrected chi connectivity index (χ4v) is 9.72. The summed E-state index contributed by atoms with van der Waals surface area (Å²) < 4.78 is 0. The lowest BCUT2D eigenvalue weighted by Gasteiger charge is -2.42. The van der Waals surface area contributed by atoms with Crippen LogP contribution in [0, 0.1) is 0 Å². The summed E-state index contributed by atoms with van der Waals surface area (Å²) in [5.74, 6) is 0.650. The van der Waals surface area contributed by atoms with Gasteiger partial charge < -0.3 is 0 Å². The zero-order valence-electron chi connectivity index (χ0n) is 29.2. The van der Waals surface area contributed by atoms with Crippen LogP contribution in [-0.4, -0.2) is 9.97 Å². The Morgan fingerprint density at radius 2 is 0.796 bits per heavy atom. The largest absolute Gasteiger partial charge is 0.278 e. The van der Waals surface area contributed by atoms with E-state index in [0.29, 0.717) is 5.95 Å². The molecule has 9 aromatic rings. The van der Waals surface area contributed by atoms with Gasteiger partial charge in [0.25, 0.3) is 0 Å². The smallest absolute Gasteiger partial charge is 0.235 e. The number of nitrogens with zero attached hydrogens (tertiary/aromatic N) is 3. The monoisotopic (exact) mass is 685 g/mol. The van der Waals surface area contributed by atoms with E-state index < -0.39 is 5.41 Å². The fraction of sp³-hybridized carbons (Fsp3) is 0.0196. The third-order valence-corrected chi connectivity index (χ3v) is 11.8. The lowest BCUT2D eigenvalue weighted by Crippen LogP contribution is -2.32. The molecule has 0 bridgehead atoms. The highest BCUT2D eigenvalue weighted by atomic mass is 15.3. The van der Waals surface area contributed by atoms with Crippen LogP contribution < -0.4 is 4.90 Å². The van der Waals surface area contributed by atoms with Crippen molar-refractivity contribution in [3.63, 3.8) is 0 Å². The Hall–Kier alpha value is -7.10. The first-order chi connectivity index (χ1) is 26.8. The summed E-state index contributed by atoms with van der Waals surface area (Å²) in [4.78, 5) is 13.0. The summed E-state index contributed by atoms with van der Waals surface area (Å²) in [5.41, 5.74) is 18.4. The van der Waals surface area contributed by atoms with Crippen LogP contribution in [0.3, 0.4) is 0 Å². The maximum absolute atomic E-state index is 5.37. The Labute approximate surface area is 313 Å². The second-order valence-electron chi connectivity index (χ2n) is 14.5. The number of para-hydroxylation sites is 1. The summed E-state index contributed by atoms with van der Waals surface area (Å²) in [6, 6.07) is 68.3. The highest BCUT2D eigenvalue weighted by molar-refractivity contribution is 6.20. The van der Waals surface area contributed by atoms with Crippen LogP contribution in [0.25, 0.3) is 66.7 Å². The van der Waals surface area contributed by atoms with E-state index in [0.717, 1.165) is 33.9 Å². The highest BCUT2D eigenvalue weighted by Crippen LogP contribution is 2.64. The van der Waals surface area contributed by atoms with Gasteiger partial charge in [0.15, 0.2) is 0 Å². The first-order valence-electron chi connectivity index (χ1n) is 18.6. The predicted molar refractivity (Wildman–Crippen MR) is 220 cm³/mol. The number of hydrogen-bond acceptors (Lipinski definition) is 3. The summed E-state index contributed by atoms with van der Waals surface area (Å²) in [7, 11) is 0. The summed E-state index contributed by atoms with van der Waals surface area (Å²) in [6.07, 6.45) is 0. The second-order valence-corrected chi connectivity index (χ2v) is 14.5. The third-order valence-electron chi connectivity index (χ3n) is 11.8. The second kappa shape index (κ2) is 11.0. The van der Waals surface area contributed by atoms with Crippen molar-refractivity contribution in [1.29, 1.82) is 0 Å². The molecule has 0 fully saturated rings. The molecule has 2 aliphatic carbocycles. The zero-order chi connectivity index (χ0) is 35.4. The minimum atomic E-state index is -0.472. The van der Waals surface area contributed by atoms with E-state index in [1.165, 1.54) is 66.4 Å². The van der Waals surface area contributed by atoms with Crippen molar-refractivity contribution in [2.45, 2.75) is 5.41 Å². The van der Waals surface area contributed by atoms with Crippen molar-refractivity contribution in [3.8, 4) is 55.9 Å². The van der Waals surface area contributed by atoms with Gasteiger partial charge in [0.2, 0.25) is 5.95 Å². The molecule has 3 heteroatoms. The molecule has 3 aliphatic rings. The van der Waals surface area contributed by atoms with Crippen molar-refractivity contribution in [2.75, 3.05) is 4.90 Å². The summed E-state index contributed by atoms with van der Waals surface area (Å²) in [5, 5.41) is 2.52. The van der Waals surface area contributed by atoms with Crippen molar-refractivity contribution >= 4 is 28.1 Å². The van der Waals surface area contributed by atoms with Crippen molar-refractivity contribution < 1.29 is 0 Å². The van der Waals surface area contributed by atoms with Gasteiger partial charge >= 0.3 is 0 Å². The normalized spacial score (nSPS) is 13.7. The van der Waals surface area contributed by atoms with Crippen LogP contribution >= 0.6 is 0 Å². The van der Waals surface area contributed by atoms with Crippen molar-refractivity contribution in [2.24, 2.45) is 0 Å². The molecule has 2 heterocycles. The van der Waals surface area contributed by atoms with E-state index in [-0.39, 0.29) is 0 Å². The molecule has 3 nitrogen and oxygen atoms in total. The van der Waals surface area contributed by atoms with Gasteiger partial charge in [-0.2, -0.15) is 0 Å². The molecular formula is C51H31N3. The van der Waals surface area contributed by atoms with E-state index >= 15 is 0 Å². The molecule has 0 radical (unpaired) electrons. The lowest BCUT2D eigenvalue weighted by atomic mass is 9.61. The Morgan fingerprint density at radius 3 is 1.37 bits per heavy atom. The number of benzene rings is 8. The SMILES string of the molecule is c1ccc(-c2cc(-c3ccccc3)nc(N3c4ccccc4-c4ccc5c6c(ccc3c46)C3(c4ccccc4-c4ccccc43)c3ccccc3-5)n2)cc1. The molecule has 0 N–H and O–H groups in total. The number of rotatable bonds is 3. The number of fused-ring (bicyclic) bond motifs is 11. The van der Waals surface area contributed by atoms with Crippen LogP contribution in [-0.2, 0) is 5.41 Å². The van der Waals surface area contributed by atoms with E-state index in [9.17, 15) is 0 Å². The Balaban J connectivity index is 1.21. The standard InChI is InChI=1S/C51H31N3/c1-3-15-32(16-4-1)44-31-45(33-17-5-2-6-18-33)53-50(52-44)54-46-26-14-10-22-37(46)39-28-27-38-36-21-9-13-25-42(36)51(43-29-30-47(54)49(39)48(38)43)40-23-11-7-19-34(40)35-20-8-12-24-41(35)51/h1-31H. The minimum Gasteiger partial charge on any atom is -0.278 e. The molecule has 0 saturated heterocycles. The number of aromatic nitrogens is 2. The predicted octanol–water partition coefficient (Wildman–Crippen LogP) is 12.8. The average Bonchev–Trinajstić information content (AvgIpc) is 3.54. The maximum Gasteiger partial charge on any atom is 0.235 e. The van der Waals surface area contributed by atoms with E-state index in [2.05, 4.69) is 181 Å². The van der Waals surface area contributed by atoms with Crippen LogP contribution in [0.4, 0.5) is 17.3 Å². The van der Waals surface area contributed by atoms with Gasteiger partial charge in [0.1, 0.15) is 0 Å². The Kier molecular flexibility index (Phi) is 5.98. The van der Waals surface area contributed by atoms with Gasteiger partial charge in [-0.15, -0.1) is 0 Å². The third kappa shape index (κ3) is 3.80. The van der Waals surface area contributed by atoms with Gasteiger partial charge in [-0.25, -0.2) is 9.97 Å². The molecule has 0 amide bonds. The summed E-state index contributed by atoms with van der Waals surface area (Å²) >= 11 is 0. The van der Waals surface area contributed by atoms with Gasteiger partial charge in [0.05, 0.1) is 28.2 Å².